The number of hydrogen-bond donors (Lipinski definition) is 2. The molecule has 1 saturated heterocycles. The van der Waals surface area contributed by atoms with E-state index in [0.717, 1.165) is 19.6 Å². The first-order valence-corrected chi connectivity index (χ1v) is 7.04. The lowest BCUT2D eigenvalue weighted by molar-refractivity contribution is 0.0527. The summed E-state index contributed by atoms with van der Waals surface area (Å²) in [5.41, 5.74) is 7.67. The van der Waals surface area contributed by atoms with Gasteiger partial charge in [-0.3, -0.25) is 0 Å². The van der Waals surface area contributed by atoms with Crippen LogP contribution in [0, 0.1) is 5.92 Å². The number of carbonyl (C=O) groups excluding carboxylic acids is 1. The van der Waals surface area contributed by atoms with E-state index >= 15 is 0 Å². The fourth-order valence-electron chi connectivity index (χ4n) is 2.42. The Labute approximate surface area is 119 Å². The first-order valence-electron chi connectivity index (χ1n) is 7.04. The summed E-state index contributed by atoms with van der Waals surface area (Å²) in [7, 11) is 0. The summed E-state index contributed by atoms with van der Waals surface area (Å²) < 4.78 is 10.6. The summed E-state index contributed by atoms with van der Waals surface area (Å²) in [5, 5.41) is 3.29. The van der Waals surface area contributed by atoms with Gasteiger partial charge in [-0.25, -0.2) is 4.79 Å². The van der Waals surface area contributed by atoms with E-state index in [0.29, 0.717) is 29.5 Å². The van der Waals surface area contributed by atoms with Crippen molar-refractivity contribution < 1.29 is 14.3 Å². The van der Waals surface area contributed by atoms with Gasteiger partial charge in [0.15, 0.2) is 0 Å². The van der Waals surface area contributed by atoms with Gasteiger partial charge in [0.2, 0.25) is 0 Å². The summed E-state index contributed by atoms with van der Waals surface area (Å²) in [6.07, 6.45) is 1.26. The van der Waals surface area contributed by atoms with E-state index < -0.39 is 0 Å². The van der Waals surface area contributed by atoms with Crippen molar-refractivity contribution in [1.82, 2.24) is 0 Å². The number of ether oxygens (including phenoxy) is 2. The van der Waals surface area contributed by atoms with Crippen LogP contribution >= 0.6 is 0 Å². The van der Waals surface area contributed by atoms with Crippen LogP contribution in [0.3, 0.4) is 0 Å². The van der Waals surface area contributed by atoms with Crippen LogP contribution in [0.5, 0.6) is 0 Å². The third-order valence-electron chi connectivity index (χ3n) is 3.67. The Balaban J connectivity index is 2.11. The molecule has 3 N–H and O–H groups in total. The third kappa shape index (κ3) is 3.22. The van der Waals surface area contributed by atoms with Gasteiger partial charge in [0.25, 0.3) is 0 Å². The Morgan fingerprint density at radius 2 is 2.35 bits per heavy atom. The van der Waals surface area contributed by atoms with Gasteiger partial charge >= 0.3 is 5.97 Å². The predicted octanol–water partition coefficient (Wildman–Crippen LogP) is 2.28. The van der Waals surface area contributed by atoms with E-state index in [4.69, 9.17) is 15.2 Å². The van der Waals surface area contributed by atoms with Crippen LogP contribution in [0.25, 0.3) is 0 Å². The minimum absolute atomic E-state index is 0.235. The maximum Gasteiger partial charge on any atom is 0.340 e. The monoisotopic (exact) mass is 278 g/mol. The maximum atomic E-state index is 11.9. The maximum absolute atomic E-state index is 11.9. The normalized spacial score (nSPS) is 21.7. The second kappa shape index (κ2) is 6.61. The van der Waals surface area contributed by atoms with Gasteiger partial charge in [-0.2, -0.15) is 0 Å². The molecule has 0 aliphatic carbocycles. The zero-order valence-electron chi connectivity index (χ0n) is 12.0. The Hall–Kier alpha value is -1.75. The average molecular weight is 278 g/mol. The largest absolute Gasteiger partial charge is 0.462 e. The summed E-state index contributed by atoms with van der Waals surface area (Å²) in [6, 6.07) is 5.26. The summed E-state index contributed by atoms with van der Waals surface area (Å²) >= 11 is 0. The molecular weight excluding hydrogens is 256 g/mol. The van der Waals surface area contributed by atoms with E-state index in [-0.39, 0.29) is 12.1 Å². The number of nitrogen functional groups attached to an aromatic ring is 1. The topological polar surface area (TPSA) is 73.6 Å². The van der Waals surface area contributed by atoms with Gasteiger partial charge in [0, 0.05) is 19.1 Å². The number of nitrogens with two attached hydrogens (primary N) is 1. The second-order valence-corrected chi connectivity index (χ2v) is 5.00. The van der Waals surface area contributed by atoms with Crippen molar-refractivity contribution in [1.29, 1.82) is 0 Å². The highest BCUT2D eigenvalue weighted by atomic mass is 16.5. The number of esters is 1. The van der Waals surface area contributed by atoms with Gasteiger partial charge in [-0.1, -0.05) is 6.07 Å². The van der Waals surface area contributed by atoms with Crippen LogP contribution < -0.4 is 11.1 Å². The minimum Gasteiger partial charge on any atom is -0.462 e. The fraction of sp³-hybridized carbons (Fsp3) is 0.533. The Morgan fingerprint density at radius 1 is 1.55 bits per heavy atom. The van der Waals surface area contributed by atoms with Crippen LogP contribution in [0.15, 0.2) is 18.2 Å². The molecule has 0 amide bonds. The minimum atomic E-state index is -0.349. The number of para-hydroxylation sites is 1. The molecule has 0 spiro atoms. The van der Waals surface area contributed by atoms with Crippen molar-refractivity contribution in [2.24, 2.45) is 5.92 Å². The molecular formula is C15H22N2O3. The van der Waals surface area contributed by atoms with Crippen molar-refractivity contribution in [3.8, 4) is 0 Å². The van der Waals surface area contributed by atoms with E-state index in [2.05, 4.69) is 12.2 Å². The Kier molecular flexibility index (Phi) is 4.84. The van der Waals surface area contributed by atoms with Crippen LogP contribution in [-0.4, -0.2) is 31.8 Å². The summed E-state index contributed by atoms with van der Waals surface area (Å²) in [4.78, 5) is 11.9. The number of anilines is 2. The van der Waals surface area contributed by atoms with E-state index in [9.17, 15) is 4.79 Å². The summed E-state index contributed by atoms with van der Waals surface area (Å²) in [6.45, 7) is 5.74. The zero-order chi connectivity index (χ0) is 14.5. The first-order chi connectivity index (χ1) is 9.63. The molecule has 1 aliphatic rings. The average Bonchev–Trinajstić information content (AvgIpc) is 2.83. The molecule has 20 heavy (non-hydrogen) atoms. The van der Waals surface area contributed by atoms with Crippen molar-refractivity contribution >= 4 is 17.3 Å². The van der Waals surface area contributed by atoms with Gasteiger partial charge in [-0.05, 0) is 32.4 Å². The van der Waals surface area contributed by atoms with Crippen molar-refractivity contribution in [3.63, 3.8) is 0 Å². The Morgan fingerprint density at radius 3 is 3.00 bits per heavy atom. The van der Waals surface area contributed by atoms with E-state index in [1.165, 1.54) is 0 Å². The lowest BCUT2D eigenvalue weighted by Crippen LogP contribution is -2.22. The highest BCUT2D eigenvalue weighted by Gasteiger charge is 2.24. The van der Waals surface area contributed by atoms with Crippen molar-refractivity contribution in [2.45, 2.75) is 26.4 Å². The number of rotatable bonds is 5. The van der Waals surface area contributed by atoms with Crippen LogP contribution in [0.2, 0.25) is 0 Å². The van der Waals surface area contributed by atoms with Gasteiger partial charge in [0.1, 0.15) is 0 Å². The SMILES string of the molecule is CCOC(=O)c1cccc(N)c1NCC1CCOC1C. The highest BCUT2D eigenvalue weighted by Crippen LogP contribution is 2.27. The molecule has 1 aromatic carbocycles. The summed E-state index contributed by atoms with van der Waals surface area (Å²) in [5.74, 6) is 0.0858. The molecule has 0 radical (unpaired) electrons. The molecule has 0 bridgehead atoms. The van der Waals surface area contributed by atoms with Crippen molar-refractivity contribution in [2.75, 3.05) is 30.8 Å². The number of benzene rings is 1. The first kappa shape index (κ1) is 14.7. The predicted molar refractivity (Wildman–Crippen MR) is 78.8 cm³/mol. The molecule has 2 atom stereocenters. The molecule has 2 unspecified atom stereocenters. The molecule has 0 saturated carbocycles. The van der Waals surface area contributed by atoms with Crippen LogP contribution in [0.1, 0.15) is 30.6 Å². The van der Waals surface area contributed by atoms with Crippen molar-refractivity contribution in [3.05, 3.63) is 23.8 Å². The van der Waals surface area contributed by atoms with Gasteiger partial charge < -0.3 is 20.5 Å². The molecule has 1 aliphatic heterocycles. The molecule has 2 rings (SSSR count). The molecule has 1 fully saturated rings. The molecule has 5 nitrogen and oxygen atoms in total. The van der Waals surface area contributed by atoms with Gasteiger partial charge in [-0.15, -0.1) is 0 Å². The number of hydrogen-bond acceptors (Lipinski definition) is 5. The lowest BCUT2D eigenvalue weighted by Gasteiger charge is -2.18. The van der Waals surface area contributed by atoms with Crippen LogP contribution in [-0.2, 0) is 9.47 Å². The second-order valence-electron chi connectivity index (χ2n) is 5.00. The standard InChI is InChI=1S/C15H22N2O3/c1-3-19-15(18)12-5-4-6-13(16)14(12)17-9-11-7-8-20-10(11)2/h4-6,10-11,17H,3,7-9,16H2,1-2H3. The number of nitrogens with one attached hydrogen (secondary N) is 1. The third-order valence-corrected chi connectivity index (χ3v) is 3.67. The highest BCUT2D eigenvalue weighted by molar-refractivity contribution is 5.98. The molecule has 1 aromatic rings. The van der Waals surface area contributed by atoms with Gasteiger partial charge in [0.05, 0.1) is 29.6 Å². The lowest BCUT2D eigenvalue weighted by atomic mass is 10.0. The zero-order valence-corrected chi connectivity index (χ0v) is 12.0. The molecule has 1 heterocycles. The van der Waals surface area contributed by atoms with E-state index in [1.54, 1.807) is 25.1 Å². The molecule has 0 aromatic heterocycles. The molecule has 5 heteroatoms. The quantitative estimate of drug-likeness (QED) is 0.638. The smallest absolute Gasteiger partial charge is 0.340 e. The Bertz CT molecular complexity index is 476. The van der Waals surface area contributed by atoms with Crippen LogP contribution in [0.4, 0.5) is 11.4 Å². The fourth-order valence-corrected chi connectivity index (χ4v) is 2.42. The molecule has 110 valence electrons. The van der Waals surface area contributed by atoms with E-state index in [1.807, 2.05) is 0 Å². The number of carbonyl (C=O) groups is 1.